The summed E-state index contributed by atoms with van der Waals surface area (Å²) in [6, 6.07) is 7.50. The van der Waals surface area contributed by atoms with Crippen molar-refractivity contribution in [3.63, 3.8) is 0 Å². The molecular weight excluding hydrogens is 188 g/mol. The molecule has 1 rings (SSSR count). The third-order valence-electron chi connectivity index (χ3n) is 2.09. The number of ether oxygens (including phenoxy) is 1. The molecule has 1 atom stereocenters. The van der Waals surface area contributed by atoms with E-state index in [-0.39, 0.29) is 0 Å². The molecule has 0 aliphatic heterocycles. The number of unbranched alkanes of at least 4 members (excludes halogenated alkanes) is 1. The van der Waals surface area contributed by atoms with E-state index in [1.165, 1.54) is 0 Å². The number of aliphatic hydroxyl groups excluding tert-OH is 1. The molecule has 0 aliphatic carbocycles. The molecule has 0 amide bonds. The Hall–Kier alpha value is -1.46. The molecule has 80 valence electrons. The average Bonchev–Trinajstić information content (AvgIpc) is 2.25. The van der Waals surface area contributed by atoms with Gasteiger partial charge in [-0.1, -0.05) is 18.2 Å². The van der Waals surface area contributed by atoms with Gasteiger partial charge in [0.25, 0.3) is 0 Å². The van der Waals surface area contributed by atoms with Crippen LogP contribution in [0.5, 0.6) is 5.75 Å². The summed E-state index contributed by atoms with van der Waals surface area (Å²) in [5.41, 5.74) is 0.818. The summed E-state index contributed by atoms with van der Waals surface area (Å²) in [7, 11) is 0. The summed E-state index contributed by atoms with van der Waals surface area (Å²) in [4.78, 5) is 0. The fourth-order valence-electron chi connectivity index (χ4n) is 1.31. The number of terminal acetylenes is 1. The smallest absolute Gasteiger partial charge is 0.125 e. The van der Waals surface area contributed by atoms with E-state index >= 15 is 0 Å². The quantitative estimate of drug-likeness (QED) is 0.590. The zero-order valence-electron chi connectivity index (χ0n) is 8.94. The van der Waals surface area contributed by atoms with Crippen molar-refractivity contribution in [2.75, 3.05) is 6.61 Å². The number of para-hydroxylation sites is 1. The van der Waals surface area contributed by atoms with Crippen LogP contribution in [0.3, 0.4) is 0 Å². The first kappa shape index (κ1) is 11.6. The lowest BCUT2D eigenvalue weighted by Gasteiger charge is -2.12. The Kier molecular flexibility index (Phi) is 4.73. The molecule has 1 aromatic carbocycles. The Balaban J connectivity index is 2.56. The van der Waals surface area contributed by atoms with Gasteiger partial charge in [-0.2, -0.15) is 0 Å². The second-order valence-electron chi connectivity index (χ2n) is 3.37. The molecule has 1 aromatic rings. The van der Waals surface area contributed by atoms with Crippen LogP contribution in [0.2, 0.25) is 0 Å². The van der Waals surface area contributed by atoms with Crippen molar-refractivity contribution in [2.45, 2.75) is 25.9 Å². The number of hydrogen-bond donors (Lipinski definition) is 1. The minimum atomic E-state index is -0.506. The predicted molar refractivity (Wildman–Crippen MR) is 60.6 cm³/mol. The van der Waals surface area contributed by atoms with E-state index in [0.717, 1.165) is 24.2 Å². The molecule has 0 aliphatic rings. The first-order valence-electron chi connectivity index (χ1n) is 5.09. The Morgan fingerprint density at radius 1 is 1.47 bits per heavy atom. The van der Waals surface area contributed by atoms with Crippen LogP contribution in [0, 0.1) is 12.3 Å². The molecule has 1 unspecified atom stereocenters. The molecule has 1 N–H and O–H groups in total. The Morgan fingerprint density at radius 2 is 2.20 bits per heavy atom. The average molecular weight is 204 g/mol. The third-order valence-corrected chi connectivity index (χ3v) is 2.09. The Labute approximate surface area is 90.9 Å². The van der Waals surface area contributed by atoms with Crippen molar-refractivity contribution in [3.8, 4) is 18.1 Å². The van der Waals surface area contributed by atoms with Crippen LogP contribution in [-0.2, 0) is 0 Å². The van der Waals surface area contributed by atoms with Gasteiger partial charge in [-0.25, -0.2) is 0 Å². The maximum Gasteiger partial charge on any atom is 0.125 e. The maximum atomic E-state index is 9.49. The molecule has 0 bridgehead atoms. The van der Waals surface area contributed by atoms with Gasteiger partial charge >= 0.3 is 0 Å². The van der Waals surface area contributed by atoms with Crippen LogP contribution >= 0.6 is 0 Å². The molecule has 0 spiro atoms. The van der Waals surface area contributed by atoms with Gasteiger partial charge in [-0.15, -0.1) is 12.3 Å². The molecule has 0 heterocycles. The molecule has 2 nitrogen and oxygen atoms in total. The second kappa shape index (κ2) is 6.10. The van der Waals surface area contributed by atoms with Crippen molar-refractivity contribution >= 4 is 0 Å². The standard InChI is InChI=1S/C13H16O2/c1-3-4-7-10-15-13-9-6-5-8-12(13)11(2)14/h1,5-6,8-9,11,14H,4,7,10H2,2H3. The highest BCUT2D eigenvalue weighted by molar-refractivity contribution is 5.34. The van der Waals surface area contributed by atoms with E-state index < -0.39 is 6.10 Å². The summed E-state index contributed by atoms with van der Waals surface area (Å²) in [5.74, 6) is 3.30. The van der Waals surface area contributed by atoms with E-state index in [4.69, 9.17) is 11.2 Å². The molecule has 0 aromatic heterocycles. The highest BCUT2D eigenvalue weighted by Crippen LogP contribution is 2.24. The summed E-state index contributed by atoms with van der Waals surface area (Å²) < 4.78 is 5.54. The SMILES string of the molecule is C#CCCCOc1ccccc1C(C)O. The monoisotopic (exact) mass is 204 g/mol. The van der Waals surface area contributed by atoms with E-state index in [2.05, 4.69) is 5.92 Å². The lowest BCUT2D eigenvalue weighted by atomic mass is 10.1. The molecule has 0 saturated heterocycles. The predicted octanol–water partition coefficient (Wildman–Crippen LogP) is 2.53. The molecule has 0 fully saturated rings. The first-order valence-corrected chi connectivity index (χ1v) is 5.09. The van der Waals surface area contributed by atoms with Crippen molar-refractivity contribution in [3.05, 3.63) is 29.8 Å². The second-order valence-corrected chi connectivity index (χ2v) is 3.37. The minimum Gasteiger partial charge on any atom is -0.493 e. The highest BCUT2D eigenvalue weighted by Gasteiger charge is 2.07. The van der Waals surface area contributed by atoms with Gasteiger partial charge in [0.2, 0.25) is 0 Å². The van der Waals surface area contributed by atoms with Gasteiger partial charge in [0.05, 0.1) is 12.7 Å². The minimum absolute atomic E-state index is 0.506. The van der Waals surface area contributed by atoms with Gasteiger partial charge in [-0.05, 0) is 19.4 Å². The number of aliphatic hydroxyl groups is 1. The van der Waals surface area contributed by atoms with Crippen LogP contribution in [0.4, 0.5) is 0 Å². The fourth-order valence-corrected chi connectivity index (χ4v) is 1.31. The van der Waals surface area contributed by atoms with Crippen LogP contribution in [0.15, 0.2) is 24.3 Å². The van der Waals surface area contributed by atoms with Crippen molar-refractivity contribution in [1.29, 1.82) is 0 Å². The van der Waals surface area contributed by atoms with Gasteiger partial charge < -0.3 is 9.84 Å². The Morgan fingerprint density at radius 3 is 2.87 bits per heavy atom. The maximum absolute atomic E-state index is 9.49. The molecule has 0 radical (unpaired) electrons. The summed E-state index contributed by atoms with van der Waals surface area (Å²) >= 11 is 0. The van der Waals surface area contributed by atoms with Crippen LogP contribution in [-0.4, -0.2) is 11.7 Å². The molecule has 2 heteroatoms. The van der Waals surface area contributed by atoms with Crippen molar-refractivity contribution in [1.82, 2.24) is 0 Å². The van der Waals surface area contributed by atoms with Gasteiger partial charge in [0.15, 0.2) is 0 Å². The zero-order chi connectivity index (χ0) is 11.1. The van der Waals surface area contributed by atoms with Crippen LogP contribution in [0.25, 0.3) is 0 Å². The third kappa shape index (κ3) is 3.65. The summed E-state index contributed by atoms with van der Waals surface area (Å²) in [5, 5.41) is 9.49. The number of hydrogen-bond acceptors (Lipinski definition) is 2. The van der Waals surface area contributed by atoms with Gasteiger partial charge in [0.1, 0.15) is 5.75 Å². The normalized spacial score (nSPS) is 11.8. The van der Waals surface area contributed by atoms with Gasteiger partial charge in [0, 0.05) is 12.0 Å². The van der Waals surface area contributed by atoms with Gasteiger partial charge in [-0.3, -0.25) is 0 Å². The first-order chi connectivity index (χ1) is 7.25. The topological polar surface area (TPSA) is 29.5 Å². The fraction of sp³-hybridized carbons (Fsp3) is 0.385. The molecular formula is C13H16O2. The van der Waals surface area contributed by atoms with E-state index in [0.29, 0.717) is 6.61 Å². The summed E-state index contributed by atoms with van der Waals surface area (Å²) in [6.45, 7) is 2.32. The Bertz CT molecular complexity index is 337. The van der Waals surface area contributed by atoms with Crippen LogP contribution < -0.4 is 4.74 Å². The largest absolute Gasteiger partial charge is 0.493 e. The van der Waals surface area contributed by atoms with Crippen molar-refractivity contribution in [2.24, 2.45) is 0 Å². The number of rotatable bonds is 5. The number of benzene rings is 1. The lowest BCUT2D eigenvalue weighted by molar-refractivity contribution is 0.191. The van der Waals surface area contributed by atoms with E-state index in [1.54, 1.807) is 6.92 Å². The lowest BCUT2D eigenvalue weighted by Crippen LogP contribution is -2.01. The molecule has 0 saturated carbocycles. The van der Waals surface area contributed by atoms with E-state index in [1.807, 2.05) is 24.3 Å². The molecule has 15 heavy (non-hydrogen) atoms. The van der Waals surface area contributed by atoms with E-state index in [9.17, 15) is 5.11 Å². The van der Waals surface area contributed by atoms with Crippen LogP contribution in [0.1, 0.15) is 31.4 Å². The highest BCUT2D eigenvalue weighted by atomic mass is 16.5. The zero-order valence-corrected chi connectivity index (χ0v) is 8.94. The summed E-state index contributed by atoms with van der Waals surface area (Å²) in [6.07, 6.45) is 6.19. The van der Waals surface area contributed by atoms with Crippen molar-refractivity contribution < 1.29 is 9.84 Å².